The van der Waals surface area contributed by atoms with Gasteiger partial charge in [0.1, 0.15) is 0 Å². The van der Waals surface area contributed by atoms with Gasteiger partial charge in [0.05, 0.1) is 23.8 Å². The van der Waals surface area contributed by atoms with Crippen LogP contribution in [0, 0.1) is 17.2 Å². The summed E-state index contributed by atoms with van der Waals surface area (Å²) < 4.78 is 6.16. The van der Waals surface area contributed by atoms with Gasteiger partial charge < -0.3 is 9.64 Å². The summed E-state index contributed by atoms with van der Waals surface area (Å²) in [6, 6.07) is 9.03. The maximum absolute atomic E-state index is 12.8. The molecule has 23 heavy (non-hydrogen) atoms. The number of benzene rings is 1. The fraction of sp³-hybridized carbons (Fsp3) is 0.579. The summed E-state index contributed by atoms with van der Waals surface area (Å²) in [6.45, 7) is 7.69. The molecule has 1 saturated heterocycles. The maximum Gasteiger partial charge on any atom is 0.254 e. The van der Waals surface area contributed by atoms with E-state index in [0.717, 1.165) is 19.3 Å². The van der Waals surface area contributed by atoms with Crippen molar-refractivity contribution in [3.05, 3.63) is 35.4 Å². The Morgan fingerprint density at radius 3 is 2.87 bits per heavy atom. The number of nitriles is 1. The summed E-state index contributed by atoms with van der Waals surface area (Å²) in [5, 5.41) is 9.01. The summed E-state index contributed by atoms with van der Waals surface area (Å²) in [5.74, 6) is 0.373. The normalized spacial score (nSPS) is 21.3. The van der Waals surface area contributed by atoms with Crippen LogP contribution in [0.5, 0.6) is 0 Å². The monoisotopic (exact) mass is 314 g/mol. The summed E-state index contributed by atoms with van der Waals surface area (Å²) in [5.41, 5.74) is 1.11. The maximum atomic E-state index is 12.8. The van der Waals surface area contributed by atoms with Crippen LogP contribution in [0.2, 0.25) is 0 Å². The number of morpholine rings is 1. The van der Waals surface area contributed by atoms with E-state index in [1.54, 1.807) is 24.3 Å². The molecule has 4 heteroatoms. The average molecular weight is 314 g/mol. The highest BCUT2D eigenvalue weighted by molar-refractivity contribution is 5.94. The van der Waals surface area contributed by atoms with Gasteiger partial charge in [0.15, 0.2) is 0 Å². The van der Waals surface area contributed by atoms with Crippen molar-refractivity contribution in [2.24, 2.45) is 5.92 Å². The van der Waals surface area contributed by atoms with Gasteiger partial charge in [0.2, 0.25) is 0 Å². The standard InChI is InChI=1S/C19H26N2O2/c1-4-5-9-17-12-21(13-18(23-17)14(2)3)19(22)16-8-6-7-15(10-16)11-20/h6-8,10,14,17-18H,4-5,9,12-13H2,1-3H3/t17-,18-/m1/s1. The zero-order valence-electron chi connectivity index (χ0n) is 14.3. The van der Waals surface area contributed by atoms with Crippen LogP contribution in [0.1, 0.15) is 56.0 Å². The molecule has 124 valence electrons. The first-order valence-electron chi connectivity index (χ1n) is 8.50. The first kappa shape index (κ1) is 17.5. The Bertz CT molecular complexity index is 577. The molecule has 1 aromatic rings. The van der Waals surface area contributed by atoms with Crippen LogP contribution in [0.15, 0.2) is 24.3 Å². The van der Waals surface area contributed by atoms with Crippen molar-refractivity contribution in [3.8, 4) is 6.07 Å². The summed E-state index contributed by atoms with van der Waals surface area (Å²) in [7, 11) is 0. The van der Waals surface area contributed by atoms with Crippen LogP contribution in [-0.4, -0.2) is 36.1 Å². The van der Waals surface area contributed by atoms with Crippen LogP contribution in [0.3, 0.4) is 0 Å². The van der Waals surface area contributed by atoms with Crippen molar-refractivity contribution in [3.63, 3.8) is 0 Å². The Labute approximate surface area is 139 Å². The van der Waals surface area contributed by atoms with E-state index < -0.39 is 0 Å². The summed E-state index contributed by atoms with van der Waals surface area (Å²) >= 11 is 0. The number of unbranched alkanes of at least 4 members (excludes halogenated alkanes) is 1. The molecule has 0 unspecified atom stereocenters. The van der Waals surface area contributed by atoms with Gasteiger partial charge in [-0.05, 0) is 30.5 Å². The average Bonchev–Trinajstić information content (AvgIpc) is 2.59. The lowest BCUT2D eigenvalue weighted by atomic mass is 10.0. The Balaban J connectivity index is 2.14. The Hall–Kier alpha value is -1.86. The number of rotatable bonds is 5. The minimum Gasteiger partial charge on any atom is -0.371 e. The topological polar surface area (TPSA) is 53.3 Å². The summed E-state index contributed by atoms with van der Waals surface area (Å²) in [6.07, 6.45) is 3.42. The zero-order chi connectivity index (χ0) is 16.8. The molecule has 2 rings (SSSR count). The Morgan fingerprint density at radius 1 is 1.43 bits per heavy atom. The van der Waals surface area contributed by atoms with Crippen molar-refractivity contribution < 1.29 is 9.53 Å². The number of nitrogens with zero attached hydrogens (tertiary/aromatic N) is 2. The lowest BCUT2D eigenvalue weighted by Crippen LogP contribution is -2.51. The first-order chi connectivity index (χ1) is 11.0. The zero-order valence-corrected chi connectivity index (χ0v) is 14.3. The smallest absolute Gasteiger partial charge is 0.254 e. The summed E-state index contributed by atoms with van der Waals surface area (Å²) in [4.78, 5) is 14.7. The van der Waals surface area contributed by atoms with E-state index in [9.17, 15) is 4.79 Å². The molecular formula is C19H26N2O2. The van der Waals surface area contributed by atoms with E-state index in [4.69, 9.17) is 10.00 Å². The van der Waals surface area contributed by atoms with Gasteiger partial charge in [0.25, 0.3) is 5.91 Å². The van der Waals surface area contributed by atoms with Gasteiger partial charge in [-0.1, -0.05) is 39.7 Å². The molecule has 0 radical (unpaired) electrons. The molecule has 0 N–H and O–H groups in total. The largest absolute Gasteiger partial charge is 0.371 e. The molecule has 1 amide bonds. The predicted octanol–water partition coefficient (Wildman–Crippen LogP) is 3.61. The van der Waals surface area contributed by atoms with Crippen molar-refractivity contribution in [1.82, 2.24) is 4.90 Å². The third-order valence-electron chi connectivity index (χ3n) is 4.34. The second kappa shape index (κ2) is 8.12. The highest BCUT2D eigenvalue weighted by Crippen LogP contribution is 2.22. The van der Waals surface area contributed by atoms with Crippen molar-refractivity contribution >= 4 is 5.91 Å². The molecule has 1 fully saturated rings. The third-order valence-corrected chi connectivity index (χ3v) is 4.34. The molecule has 0 saturated carbocycles. The highest BCUT2D eigenvalue weighted by atomic mass is 16.5. The SMILES string of the molecule is CCCC[C@@H]1CN(C(=O)c2cccc(C#N)c2)C[C@H](C(C)C)O1. The van der Waals surface area contributed by atoms with Crippen molar-refractivity contribution in [2.75, 3.05) is 13.1 Å². The lowest BCUT2D eigenvalue weighted by Gasteiger charge is -2.40. The number of carbonyl (C=O) groups is 1. The third kappa shape index (κ3) is 4.56. The molecule has 1 aliphatic rings. The number of amides is 1. The Morgan fingerprint density at radius 2 is 2.22 bits per heavy atom. The quantitative estimate of drug-likeness (QED) is 0.834. The molecule has 1 aromatic carbocycles. The lowest BCUT2D eigenvalue weighted by molar-refractivity contribution is -0.0962. The molecule has 1 aliphatic heterocycles. The van der Waals surface area contributed by atoms with E-state index in [2.05, 4.69) is 26.8 Å². The minimum atomic E-state index is -0.00227. The van der Waals surface area contributed by atoms with Gasteiger partial charge in [-0.3, -0.25) is 4.79 Å². The number of ether oxygens (including phenoxy) is 1. The van der Waals surface area contributed by atoms with Crippen LogP contribution >= 0.6 is 0 Å². The van der Waals surface area contributed by atoms with Gasteiger partial charge in [-0.25, -0.2) is 0 Å². The highest BCUT2D eigenvalue weighted by Gasteiger charge is 2.32. The second-order valence-corrected chi connectivity index (χ2v) is 6.59. The van der Waals surface area contributed by atoms with E-state index >= 15 is 0 Å². The van der Waals surface area contributed by atoms with E-state index in [0.29, 0.717) is 30.1 Å². The molecule has 0 spiro atoms. The van der Waals surface area contributed by atoms with Crippen molar-refractivity contribution in [2.45, 2.75) is 52.2 Å². The van der Waals surface area contributed by atoms with Crippen LogP contribution in [-0.2, 0) is 4.74 Å². The van der Waals surface area contributed by atoms with Gasteiger partial charge >= 0.3 is 0 Å². The fourth-order valence-electron chi connectivity index (χ4n) is 2.90. The van der Waals surface area contributed by atoms with Gasteiger partial charge in [-0.15, -0.1) is 0 Å². The minimum absolute atomic E-state index is 0.00227. The van der Waals surface area contributed by atoms with E-state index in [1.165, 1.54) is 0 Å². The molecular weight excluding hydrogens is 288 g/mol. The van der Waals surface area contributed by atoms with E-state index in [-0.39, 0.29) is 18.1 Å². The van der Waals surface area contributed by atoms with Crippen molar-refractivity contribution in [1.29, 1.82) is 5.26 Å². The molecule has 2 atom stereocenters. The number of hydrogen-bond acceptors (Lipinski definition) is 3. The fourth-order valence-corrected chi connectivity index (χ4v) is 2.90. The van der Waals surface area contributed by atoms with Crippen LogP contribution in [0.4, 0.5) is 0 Å². The Kier molecular flexibility index (Phi) is 6.18. The number of carbonyl (C=O) groups excluding carboxylic acids is 1. The molecule has 0 bridgehead atoms. The van der Waals surface area contributed by atoms with Crippen LogP contribution < -0.4 is 0 Å². The molecule has 1 heterocycles. The predicted molar refractivity (Wildman–Crippen MR) is 90.1 cm³/mol. The van der Waals surface area contributed by atoms with Gasteiger partial charge in [-0.2, -0.15) is 5.26 Å². The number of hydrogen-bond donors (Lipinski definition) is 0. The second-order valence-electron chi connectivity index (χ2n) is 6.59. The first-order valence-corrected chi connectivity index (χ1v) is 8.50. The van der Waals surface area contributed by atoms with E-state index in [1.807, 2.05) is 4.90 Å². The molecule has 0 aromatic heterocycles. The molecule has 0 aliphatic carbocycles. The van der Waals surface area contributed by atoms with Gasteiger partial charge in [0, 0.05) is 18.7 Å². The molecule has 4 nitrogen and oxygen atoms in total. The van der Waals surface area contributed by atoms with Crippen LogP contribution in [0.25, 0.3) is 0 Å².